The smallest absolute Gasteiger partial charge is 0.200 e. The quantitative estimate of drug-likeness (QED) is 0.788. The second kappa shape index (κ2) is 5.61. The van der Waals surface area contributed by atoms with Crippen LogP contribution in [0.2, 0.25) is 0 Å². The van der Waals surface area contributed by atoms with Gasteiger partial charge in [-0.2, -0.15) is 0 Å². The van der Waals surface area contributed by atoms with Gasteiger partial charge in [-0.25, -0.2) is 8.78 Å². The molecule has 0 aromatic heterocycles. The summed E-state index contributed by atoms with van der Waals surface area (Å²) in [6.45, 7) is 1.43. The van der Waals surface area contributed by atoms with Crippen molar-refractivity contribution < 1.29 is 18.3 Å². The number of carbonyl (C=O) groups excluding carboxylic acids is 1. The molecule has 19 heavy (non-hydrogen) atoms. The zero-order valence-corrected chi connectivity index (χ0v) is 10.3. The van der Waals surface area contributed by atoms with E-state index < -0.39 is 5.82 Å². The van der Waals surface area contributed by atoms with E-state index in [1.54, 1.807) is 19.1 Å². The van der Waals surface area contributed by atoms with Gasteiger partial charge in [0.15, 0.2) is 12.4 Å². The zero-order valence-electron chi connectivity index (χ0n) is 10.3. The molecule has 2 rings (SSSR count). The summed E-state index contributed by atoms with van der Waals surface area (Å²) >= 11 is 0. The van der Waals surface area contributed by atoms with Gasteiger partial charge in [0.05, 0.1) is 0 Å². The van der Waals surface area contributed by atoms with Gasteiger partial charge in [0.1, 0.15) is 17.4 Å². The summed E-state index contributed by atoms with van der Waals surface area (Å²) in [5, 5.41) is 0. The molecule has 0 aliphatic heterocycles. The van der Waals surface area contributed by atoms with E-state index in [2.05, 4.69) is 0 Å². The van der Waals surface area contributed by atoms with E-state index in [0.29, 0.717) is 16.9 Å². The minimum Gasteiger partial charge on any atom is -0.485 e. The lowest BCUT2D eigenvalue weighted by Crippen LogP contribution is -2.11. The van der Waals surface area contributed by atoms with Crippen molar-refractivity contribution in [3.05, 3.63) is 65.2 Å². The lowest BCUT2D eigenvalue weighted by molar-refractivity contribution is 0.0921. The number of halogens is 2. The zero-order chi connectivity index (χ0) is 13.8. The van der Waals surface area contributed by atoms with Gasteiger partial charge in [0.25, 0.3) is 0 Å². The number of rotatable bonds is 4. The fraction of sp³-hybridized carbons (Fsp3) is 0.133. The first-order valence-electron chi connectivity index (χ1n) is 5.74. The molecule has 2 nitrogen and oxygen atoms in total. The molecule has 0 atom stereocenters. The summed E-state index contributed by atoms with van der Waals surface area (Å²) in [6.07, 6.45) is 0. The predicted molar refractivity (Wildman–Crippen MR) is 67.4 cm³/mol. The number of ketones is 1. The maximum atomic E-state index is 13.3. The molecule has 4 heteroatoms. The summed E-state index contributed by atoms with van der Waals surface area (Å²) < 4.78 is 31.2. The molecular weight excluding hydrogens is 250 g/mol. The van der Waals surface area contributed by atoms with Crippen molar-refractivity contribution in [3.63, 3.8) is 0 Å². The Hall–Kier alpha value is -2.23. The van der Waals surface area contributed by atoms with Gasteiger partial charge >= 0.3 is 0 Å². The lowest BCUT2D eigenvalue weighted by atomic mass is 10.1. The van der Waals surface area contributed by atoms with Crippen LogP contribution in [0, 0.1) is 18.6 Å². The van der Waals surface area contributed by atoms with Crippen molar-refractivity contribution in [3.8, 4) is 5.75 Å². The van der Waals surface area contributed by atoms with Crippen LogP contribution in [-0.2, 0) is 0 Å². The summed E-state index contributed by atoms with van der Waals surface area (Å²) in [7, 11) is 0. The van der Waals surface area contributed by atoms with Crippen LogP contribution in [0.4, 0.5) is 8.78 Å². The van der Waals surface area contributed by atoms with E-state index in [-0.39, 0.29) is 18.2 Å². The standard InChI is InChI=1S/C15H12F2O2/c1-10-2-7-13(8-14(10)17)19-9-15(18)11-3-5-12(16)6-4-11/h2-8H,9H2,1H3. The second-order valence-corrected chi connectivity index (χ2v) is 4.13. The third-order valence-electron chi connectivity index (χ3n) is 2.68. The Labute approximate surface area is 109 Å². The highest BCUT2D eigenvalue weighted by atomic mass is 19.1. The van der Waals surface area contributed by atoms with Crippen molar-refractivity contribution in [2.75, 3.05) is 6.61 Å². The molecule has 0 aliphatic rings. The van der Waals surface area contributed by atoms with Crippen LogP contribution in [0.25, 0.3) is 0 Å². The number of aryl methyl sites for hydroxylation is 1. The predicted octanol–water partition coefficient (Wildman–Crippen LogP) is 3.53. The summed E-state index contributed by atoms with van der Waals surface area (Å²) in [5.41, 5.74) is 0.867. The highest BCUT2D eigenvalue weighted by Gasteiger charge is 2.08. The fourth-order valence-electron chi connectivity index (χ4n) is 1.53. The SMILES string of the molecule is Cc1ccc(OCC(=O)c2ccc(F)cc2)cc1F. The van der Waals surface area contributed by atoms with E-state index in [4.69, 9.17) is 4.74 Å². The normalized spacial score (nSPS) is 10.3. The Morgan fingerprint density at radius 2 is 1.79 bits per heavy atom. The Morgan fingerprint density at radius 3 is 2.42 bits per heavy atom. The summed E-state index contributed by atoms with van der Waals surface area (Å²) in [5.74, 6) is -0.788. The van der Waals surface area contributed by atoms with E-state index in [9.17, 15) is 13.6 Å². The number of carbonyl (C=O) groups is 1. The topological polar surface area (TPSA) is 26.3 Å². The molecule has 0 heterocycles. The molecule has 0 saturated carbocycles. The minimum absolute atomic E-state index is 0.214. The van der Waals surface area contributed by atoms with Crippen molar-refractivity contribution in [1.82, 2.24) is 0 Å². The van der Waals surface area contributed by atoms with Gasteiger partial charge in [-0.3, -0.25) is 4.79 Å². The molecule has 0 N–H and O–H groups in total. The summed E-state index contributed by atoms with van der Waals surface area (Å²) in [4.78, 5) is 11.7. The van der Waals surface area contributed by atoms with Gasteiger partial charge in [-0.1, -0.05) is 6.07 Å². The Morgan fingerprint density at radius 1 is 1.11 bits per heavy atom. The van der Waals surface area contributed by atoms with Crippen LogP contribution in [-0.4, -0.2) is 12.4 Å². The molecule has 98 valence electrons. The van der Waals surface area contributed by atoms with Crippen molar-refractivity contribution in [1.29, 1.82) is 0 Å². The second-order valence-electron chi connectivity index (χ2n) is 4.13. The first kappa shape index (κ1) is 13.2. The molecule has 0 amide bonds. The van der Waals surface area contributed by atoms with Crippen molar-refractivity contribution >= 4 is 5.78 Å². The van der Waals surface area contributed by atoms with Gasteiger partial charge in [-0.15, -0.1) is 0 Å². The van der Waals surface area contributed by atoms with Crippen LogP contribution >= 0.6 is 0 Å². The van der Waals surface area contributed by atoms with E-state index in [1.165, 1.54) is 30.3 Å². The van der Waals surface area contributed by atoms with Crippen LogP contribution in [0.15, 0.2) is 42.5 Å². The van der Waals surface area contributed by atoms with Gasteiger partial charge in [-0.05, 0) is 42.8 Å². The van der Waals surface area contributed by atoms with Gasteiger partial charge in [0, 0.05) is 11.6 Å². The van der Waals surface area contributed by atoms with E-state index in [1.807, 2.05) is 0 Å². The van der Waals surface area contributed by atoms with E-state index in [0.717, 1.165) is 0 Å². The monoisotopic (exact) mass is 262 g/mol. The maximum absolute atomic E-state index is 13.3. The molecule has 0 saturated heterocycles. The number of hydrogen-bond donors (Lipinski definition) is 0. The Bertz CT molecular complexity index is 592. The average molecular weight is 262 g/mol. The van der Waals surface area contributed by atoms with E-state index >= 15 is 0 Å². The lowest BCUT2D eigenvalue weighted by Gasteiger charge is -2.06. The molecule has 0 spiro atoms. The fourth-order valence-corrected chi connectivity index (χ4v) is 1.53. The third kappa shape index (κ3) is 3.37. The third-order valence-corrected chi connectivity index (χ3v) is 2.68. The van der Waals surface area contributed by atoms with Crippen molar-refractivity contribution in [2.24, 2.45) is 0 Å². The first-order valence-corrected chi connectivity index (χ1v) is 5.74. The minimum atomic E-state index is -0.405. The molecule has 0 bridgehead atoms. The Kier molecular flexibility index (Phi) is 3.90. The van der Waals surface area contributed by atoms with Gasteiger partial charge < -0.3 is 4.74 Å². The molecule has 0 radical (unpaired) electrons. The summed E-state index contributed by atoms with van der Waals surface area (Å²) in [6, 6.07) is 9.59. The first-order chi connectivity index (χ1) is 9.06. The Balaban J connectivity index is 2.00. The number of Topliss-reactive ketones (excluding diaryl/α,β-unsaturated/α-hetero) is 1. The molecular formula is C15H12F2O2. The highest BCUT2D eigenvalue weighted by Crippen LogP contribution is 2.16. The molecule has 2 aromatic rings. The van der Waals surface area contributed by atoms with Crippen LogP contribution in [0.1, 0.15) is 15.9 Å². The van der Waals surface area contributed by atoms with Gasteiger partial charge in [0.2, 0.25) is 0 Å². The highest BCUT2D eigenvalue weighted by molar-refractivity contribution is 5.97. The largest absolute Gasteiger partial charge is 0.485 e. The number of hydrogen-bond acceptors (Lipinski definition) is 2. The number of ether oxygens (including phenoxy) is 1. The average Bonchev–Trinajstić information content (AvgIpc) is 2.40. The van der Waals surface area contributed by atoms with Crippen LogP contribution < -0.4 is 4.74 Å². The van der Waals surface area contributed by atoms with Crippen LogP contribution in [0.5, 0.6) is 5.75 Å². The molecule has 0 unspecified atom stereocenters. The molecule has 0 aliphatic carbocycles. The molecule has 0 fully saturated rings. The molecule has 2 aromatic carbocycles. The maximum Gasteiger partial charge on any atom is 0.200 e. The number of benzene rings is 2. The van der Waals surface area contributed by atoms with Crippen LogP contribution in [0.3, 0.4) is 0 Å². The van der Waals surface area contributed by atoms with Crippen molar-refractivity contribution in [2.45, 2.75) is 6.92 Å².